The van der Waals surface area contributed by atoms with Gasteiger partial charge in [-0.3, -0.25) is 0 Å². The molecule has 0 heterocycles. The summed E-state index contributed by atoms with van der Waals surface area (Å²) in [6, 6.07) is 10.2. The maximum atomic E-state index is 4.04. The Bertz CT molecular complexity index is 937. The molecular formula is C37H54. The van der Waals surface area contributed by atoms with Gasteiger partial charge in [0.25, 0.3) is 0 Å². The number of hydrogen-bond donors (Lipinski definition) is 0. The van der Waals surface area contributed by atoms with Crippen LogP contribution in [0.15, 0.2) is 49.6 Å². The van der Waals surface area contributed by atoms with Crippen molar-refractivity contribution in [1.82, 2.24) is 0 Å². The average Bonchev–Trinajstić information content (AvgIpc) is 3.12. The fourth-order valence-corrected chi connectivity index (χ4v) is 6.72. The number of rotatable bonds is 18. The van der Waals surface area contributed by atoms with Crippen LogP contribution in [-0.2, 0) is 18.3 Å². The van der Waals surface area contributed by atoms with Crippen molar-refractivity contribution in [2.75, 3.05) is 0 Å². The topological polar surface area (TPSA) is 0 Å². The van der Waals surface area contributed by atoms with E-state index in [1.54, 1.807) is 11.1 Å². The van der Waals surface area contributed by atoms with Crippen molar-refractivity contribution >= 4 is 0 Å². The Morgan fingerprint density at radius 2 is 0.946 bits per heavy atom. The molecule has 0 nitrogen and oxygen atoms in total. The van der Waals surface area contributed by atoms with Crippen LogP contribution < -0.4 is 0 Å². The molecule has 1 aliphatic rings. The first-order valence-corrected chi connectivity index (χ1v) is 15.5. The monoisotopic (exact) mass is 498 g/mol. The highest BCUT2D eigenvalue weighted by Gasteiger charge is 2.42. The lowest BCUT2D eigenvalue weighted by atomic mass is 9.70. The highest BCUT2D eigenvalue weighted by atomic mass is 14.5. The third-order valence-electron chi connectivity index (χ3n) is 8.92. The van der Waals surface area contributed by atoms with E-state index in [1.807, 2.05) is 0 Å². The lowest BCUT2D eigenvalue weighted by molar-refractivity contribution is 0.397. The molecule has 0 unspecified atom stereocenters. The van der Waals surface area contributed by atoms with Crippen LogP contribution in [0, 0.1) is 13.8 Å². The van der Waals surface area contributed by atoms with Crippen LogP contribution >= 0.6 is 0 Å². The van der Waals surface area contributed by atoms with Crippen molar-refractivity contribution in [2.45, 2.75) is 136 Å². The molecule has 0 aliphatic heterocycles. The van der Waals surface area contributed by atoms with Gasteiger partial charge in [0.15, 0.2) is 0 Å². The first-order valence-electron chi connectivity index (χ1n) is 15.5. The van der Waals surface area contributed by atoms with Crippen molar-refractivity contribution in [3.8, 4) is 11.1 Å². The predicted octanol–water partition coefficient (Wildman–Crippen LogP) is 11.5. The van der Waals surface area contributed by atoms with Crippen molar-refractivity contribution in [3.63, 3.8) is 0 Å². The minimum absolute atomic E-state index is 0.162. The molecule has 0 fully saturated rings. The maximum absolute atomic E-state index is 4.04. The number of fused-ring (bicyclic) bond motifs is 3. The minimum Gasteiger partial charge on any atom is -0.103 e. The number of allylic oxidation sites excluding steroid dienone is 2. The summed E-state index contributed by atoms with van der Waals surface area (Å²) in [7, 11) is 0. The third kappa shape index (κ3) is 7.07. The van der Waals surface area contributed by atoms with E-state index in [9.17, 15) is 0 Å². The molecule has 0 atom stereocenters. The summed E-state index contributed by atoms with van der Waals surface area (Å²) in [5.74, 6) is 0. The fraction of sp³-hybridized carbons (Fsp3) is 0.568. The van der Waals surface area contributed by atoms with Crippen LogP contribution in [0.4, 0.5) is 0 Å². The standard InChI is InChI=1S/C37H54/c1-7-11-13-15-17-19-23-37(24-20-18-16-14-12-8-2)35-25-29(5)31(21-9-3)27-33(35)34-28-32(22-10-4)30(6)26-36(34)37/h9-10,25-28H,3-4,7-8,11-24H2,1-2,5-6H3. The van der Waals surface area contributed by atoms with Crippen molar-refractivity contribution in [2.24, 2.45) is 0 Å². The Morgan fingerprint density at radius 3 is 1.32 bits per heavy atom. The van der Waals surface area contributed by atoms with Gasteiger partial charge in [0.1, 0.15) is 0 Å². The maximum Gasteiger partial charge on any atom is 0.0215 e. The molecule has 3 rings (SSSR count). The summed E-state index contributed by atoms with van der Waals surface area (Å²) >= 11 is 0. The molecule has 0 radical (unpaired) electrons. The molecular weight excluding hydrogens is 444 g/mol. The molecule has 2 aromatic rings. The lowest BCUT2D eigenvalue weighted by Gasteiger charge is -2.33. The predicted molar refractivity (Wildman–Crippen MR) is 166 cm³/mol. The van der Waals surface area contributed by atoms with Gasteiger partial charge < -0.3 is 0 Å². The van der Waals surface area contributed by atoms with Gasteiger partial charge in [0.05, 0.1) is 0 Å². The number of benzene rings is 2. The van der Waals surface area contributed by atoms with Gasteiger partial charge in [-0.1, -0.05) is 127 Å². The van der Waals surface area contributed by atoms with E-state index in [0.29, 0.717) is 0 Å². The van der Waals surface area contributed by atoms with Crippen LogP contribution in [0.25, 0.3) is 11.1 Å². The molecule has 0 spiro atoms. The molecule has 1 aliphatic carbocycles. The normalized spacial score (nSPS) is 13.4. The molecule has 0 saturated carbocycles. The zero-order valence-electron chi connectivity index (χ0n) is 24.7. The Morgan fingerprint density at radius 1 is 0.568 bits per heavy atom. The largest absolute Gasteiger partial charge is 0.103 e. The summed E-state index contributed by atoms with van der Waals surface area (Å²) in [4.78, 5) is 0. The molecule has 202 valence electrons. The van der Waals surface area contributed by atoms with E-state index in [4.69, 9.17) is 0 Å². The zero-order chi connectivity index (χ0) is 26.7. The zero-order valence-corrected chi connectivity index (χ0v) is 24.7. The lowest BCUT2D eigenvalue weighted by Crippen LogP contribution is -2.26. The van der Waals surface area contributed by atoms with Crippen molar-refractivity contribution in [3.05, 3.63) is 83.0 Å². The first-order chi connectivity index (χ1) is 18.0. The van der Waals surface area contributed by atoms with Gasteiger partial charge in [-0.05, 0) is 84.0 Å². The van der Waals surface area contributed by atoms with Crippen molar-refractivity contribution in [1.29, 1.82) is 0 Å². The second-order valence-electron chi connectivity index (χ2n) is 11.8. The Kier molecular flexibility index (Phi) is 11.8. The number of hydrogen-bond acceptors (Lipinski definition) is 0. The highest BCUT2D eigenvalue weighted by Crippen LogP contribution is 2.55. The van der Waals surface area contributed by atoms with Gasteiger partial charge >= 0.3 is 0 Å². The number of unbranched alkanes of at least 4 members (excludes halogenated alkanes) is 10. The second kappa shape index (κ2) is 14.8. The minimum atomic E-state index is 0.162. The summed E-state index contributed by atoms with van der Waals surface area (Å²) < 4.78 is 0. The average molecular weight is 499 g/mol. The fourth-order valence-electron chi connectivity index (χ4n) is 6.72. The van der Waals surface area contributed by atoms with Gasteiger partial charge in [-0.15, -0.1) is 13.2 Å². The number of aryl methyl sites for hydroxylation is 2. The summed E-state index contributed by atoms with van der Waals surface area (Å²) in [6.07, 6.45) is 24.9. The molecule has 0 aromatic heterocycles. The molecule has 0 saturated heterocycles. The molecule has 37 heavy (non-hydrogen) atoms. The van der Waals surface area contributed by atoms with Crippen LogP contribution in [-0.4, -0.2) is 0 Å². The third-order valence-corrected chi connectivity index (χ3v) is 8.92. The Labute approximate surface area is 229 Å². The molecule has 0 heteroatoms. The van der Waals surface area contributed by atoms with Gasteiger partial charge in [0, 0.05) is 5.41 Å². The van der Waals surface area contributed by atoms with Crippen molar-refractivity contribution < 1.29 is 0 Å². The second-order valence-corrected chi connectivity index (χ2v) is 11.8. The van der Waals surface area contributed by atoms with Crippen LogP contribution in [0.1, 0.15) is 137 Å². The van der Waals surface area contributed by atoms with E-state index in [-0.39, 0.29) is 5.41 Å². The van der Waals surface area contributed by atoms with Gasteiger partial charge in [-0.25, -0.2) is 0 Å². The molecule has 0 amide bonds. The molecule has 2 aromatic carbocycles. The summed E-state index contributed by atoms with van der Waals surface area (Å²) in [5, 5.41) is 0. The van der Waals surface area contributed by atoms with Crippen LogP contribution in [0.3, 0.4) is 0 Å². The van der Waals surface area contributed by atoms with Gasteiger partial charge in [-0.2, -0.15) is 0 Å². The summed E-state index contributed by atoms with van der Waals surface area (Å²) in [5.41, 5.74) is 12.1. The first kappa shape index (κ1) is 29.5. The van der Waals surface area contributed by atoms with E-state index in [2.05, 4.69) is 77.3 Å². The smallest absolute Gasteiger partial charge is 0.0215 e. The van der Waals surface area contributed by atoms with E-state index in [0.717, 1.165) is 12.8 Å². The van der Waals surface area contributed by atoms with E-state index >= 15 is 0 Å². The Hall–Kier alpha value is -2.08. The SMILES string of the molecule is C=CCc1cc2c(cc1C)C(CCCCCCCC)(CCCCCCCC)c1cc(C)c(CC=C)cc1-2. The van der Waals surface area contributed by atoms with E-state index < -0.39 is 0 Å². The van der Waals surface area contributed by atoms with E-state index in [1.165, 1.54) is 123 Å². The molecule has 0 bridgehead atoms. The van der Waals surface area contributed by atoms with Gasteiger partial charge in [0.2, 0.25) is 0 Å². The molecule has 0 N–H and O–H groups in total. The van der Waals surface area contributed by atoms with Crippen LogP contribution in [0.5, 0.6) is 0 Å². The van der Waals surface area contributed by atoms with Crippen LogP contribution in [0.2, 0.25) is 0 Å². The quantitative estimate of drug-likeness (QED) is 0.142. The Balaban J connectivity index is 2.04. The highest BCUT2D eigenvalue weighted by molar-refractivity contribution is 5.83. The summed E-state index contributed by atoms with van der Waals surface area (Å²) in [6.45, 7) is 17.3.